The van der Waals surface area contributed by atoms with Crippen molar-refractivity contribution in [3.05, 3.63) is 95.6 Å². The third-order valence-electron chi connectivity index (χ3n) is 7.77. The van der Waals surface area contributed by atoms with E-state index in [1.54, 1.807) is 12.1 Å². The van der Waals surface area contributed by atoms with Crippen LogP contribution >= 0.6 is 0 Å². The Morgan fingerprint density at radius 3 is 1.90 bits per heavy atom. The summed E-state index contributed by atoms with van der Waals surface area (Å²) in [7, 11) is 0. The summed E-state index contributed by atoms with van der Waals surface area (Å²) in [4.78, 5) is 24.7. The Bertz CT molecular complexity index is 1170. The molecule has 4 nitrogen and oxygen atoms in total. The number of halogens is 2. The zero-order chi connectivity index (χ0) is 28.3. The summed E-state index contributed by atoms with van der Waals surface area (Å²) < 4.78 is 26.3. The van der Waals surface area contributed by atoms with Crippen molar-refractivity contribution in [2.75, 3.05) is 19.6 Å². The van der Waals surface area contributed by atoms with Crippen LogP contribution in [0, 0.1) is 17.6 Å². The van der Waals surface area contributed by atoms with Crippen LogP contribution in [0.25, 0.3) is 11.1 Å². The van der Waals surface area contributed by atoms with Crippen LogP contribution in [0.15, 0.2) is 72.8 Å². The molecular formula is C33H40F2N2O2. The number of amides is 2. The van der Waals surface area contributed by atoms with Crippen molar-refractivity contribution >= 4 is 12.3 Å². The van der Waals surface area contributed by atoms with E-state index in [0.717, 1.165) is 48.9 Å². The number of hydrogen-bond acceptors (Lipinski definition) is 2. The van der Waals surface area contributed by atoms with Crippen molar-refractivity contribution in [3.63, 3.8) is 0 Å². The first-order chi connectivity index (χ1) is 18.8. The number of hydrogen-bond donors (Lipinski definition) is 1. The minimum Gasteiger partial charge on any atom is -0.358 e. The summed E-state index contributed by atoms with van der Waals surface area (Å²) in [6, 6.07) is 20.5. The molecule has 0 aliphatic carbocycles. The molecule has 0 saturated carbocycles. The Balaban J connectivity index is 0.000000360. The second kappa shape index (κ2) is 14.6. The van der Waals surface area contributed by atoms with E-state index in [1.807, 2.05) is 41.3 Å². The maximum Gasteiger partial charge on any atom is 0.253 e. The van der Waals surface area contributed by atoms with Gasteiger partial charge < -0.3 is 10.2 Å². The van der Waals surface area contributed by atoms with Gasteiger partial charge in [0.2, 0.25) is 6.41 Å². The van der Waals surface area contributed by atoms with Gasteiger partial charge in [0.05, 0.1) is 0 Å². The Morgan fingerprint density at radius 1 is 0.897 bits per heavy atom. The highest BCUT2D eigenvalue weighted by Gasteiger charge is 2.33. The molecule has 0 bridgehead atoms. The molecule has 2 amide bonds. The van der Waals surface area contributed by atoms with Gasteiger partial charge >= 0.3 is 0 Å². The number of nitrogens with one attached hydrogen (secondary N) is 1. The van der Waals surface area contributed by atoms with Crippen molar-refractivity contribution in [1.29, 1.82) is 0 Å². The van der Waals surface area contributed by atoms with E-state index in [0.29, 0.717) is 24.6 Å². The van der Waals surface area contributed by atoms with E-state index in [2.05, 4.69) is 26.1 Å². The minimum atomic E-state index is -0.265. The van der Waals surface area contributed by atoms with Crippen LogP contribution in [0.4, 0.5) is 8.78 Å². The monoisotopic (exact) mass is 534 g/mol. The van der Waals surface area contributed by atoms with Gasteiger partial charge in [-0.25, -0.2) is 8.78 Å². The second-order valence-electron chi connectivity index (χ2n) is 10.5. The van der Waals surface area contributed by atoms with Crippen LogP contribution in [-0.4, -0.2) is 36.9 Å². The topological polar surface area (TPSA) is 49.4 Å². The van der Waals surface area contributed by atoms with E-state index < -0.39 is 0 Å². The molecule has 1 atom stereocenters. The molecule has 39 heavy (non-hydrogen) atoms. The highest BCUT2D eigenvalue weighted by atomic mass is 19.1. The smallest absolute Gasteiger partial charge is 0.253 e. The van der Waals surface area contributed by atoms with Gasteiger partial charge in [0.1, 0.15) is 11.6 Å². The number of likely N-dealkylation sites (tertiary alicyclic amines) is 1. The molecule has 208 valence electrons. The molecule has 1 unspecified atom stereocenters. The second-order valence-corrected chi connectivity index (χ2v) is 10.5. The lowest BCUT2D eigenvalue weighted by molar-refractivity contribution is -0.109. The van der Waals surface area contributed by atoms with Crippen molar-refractivity contribution < 1.29 is 18.4 Å². The number of piperidine rings is 1. The fourth-order valence-electron chi connectivity index (χ4n) is 5.05. The van der Waals surface area contributed by atoms with Crippen LogP contribution in [0.5, 0.6) is 0 Å². The normalized spacial score (nSPS) is 15.1. The molecule has 4 rings (SSSR count). The molecule has 1 aliphatic heterocycles. The van der Waals surface area contributed by atoms with Gasteiger partial charge in [-0.2, -0.15) is 0 Å². The van der Waals surface area contributed by atoms with Crippen molar-refractivity contribution in [2.24, 2.45) is 5.92 Å². The largest absolute Gasteiger partial charge is 0.358 e. The van der Waals surface area contributed by atoms with Crippen molar-refractivity contribution in [3.8, 4) is 11.1 Å². The van der Waals surface area contributed by atoms with E-state index in [1.165, 1.54) is 37.1 Å². The van der Waals surface area contributed by atoms with Gasteiger partial charge in [0.15, 0.2) is 0 Å². The standard InChI is InChI=1S/C25H23F2NO.C8H17NO/c1-25(21-8-12-23(27)13-9-21)14-16-28(17-15-25)24(29)20-4-2-18(3-5-20)19-6-10-22(26)11-7-19;1-3-5-8(4-2)6-9-7-10/h2-13H,14-17H2,1H3;7-8H,3-6H2,1-2H3,(H,9,10). The van der Waals surface area contributed by atoms with Gasteiger partial charge in [0.25, 0.3) is 5.91 Å². The van der Waals surface area contributed by atoms with Gasteiger partial charge in [-0.1, -0.05) is 70.0 Å². The summed E-state index contributed by atoms with van der Waals surface area (Å²) in [6.07, 6.45) is 6.06. The average Bonchev–Trinajstić information content (AvgIpc) is 2.96. The SMILES string of the molecule is CC1(c2ccc(F)cc2)CCN(C(=O)c2ccc(-c3ccc(F)cc3)cc2)CC1.CCCC(CC)CNC=O. The van der Waals surface area contributed by atoms with E-state index in [9.17, 15) is 18.4 Å². The third-order valence-corrected chi connectivity index (χ3v) is 7.77. The maximum absolute atomic E-state index is 13.2. The number of carbonyl (C=O) groups is 2. The lowest BCUT2D eigenvalue weighted by atomic mass is 9.74. The molecule has 1 saturated heterocycles. The molecule has 0 spiro atoms. The molecule has 6 heteroatoms. The number of nitrogens with zero attached hydrogens (tertiary/aromatic N) is 1. The molecule has 1 fully saturated rings. The Kier molecular flexibility index (Phi) is 11.2. The maximum atomic E-state index is 13.2. The fourth-order valence-corrected chi connectivity index (χ4v) is 5.05. The Hall–Kier alpha value is -3.54. The quantitative estimate of drug-likeness (QED) is 0.291. The lowest BCUT2D eigenvalue weighted by Gasteiger charge is -2.40. The molecule has 3 aromatic rings. The molecule has 1 N–H and O–H groups in total. The average molecular weight is 535 g/mol. The van der Waals surface area contributed by atoms with Crippen LogP contribution in [-0.2, 0) is 10.2 Å². The highest BCUT2D eigenvalue weighted by molar-refractivity contribution is 5.94. The van der Waals surface area contributed by atoms with Gasteiger partial charge in [-0.05, 0) is 83.7 Å². The molecule has 1 heterocycles. The zero-order valence-corrected chi connectivity index (χ0v) is 23.3. The fraction of sp³-hybridized carbons (Fsp3) is 0.394. The van der Waals surface area contributed by atoms with Gasteiger partial charge in [-0.3, -0.25) is 9.59 Å². The third kappa shape index (κ3) is 8.47. The molecule has 0 aromatic heterocycles. The summed E-state index contributed by atoms with van der Waals surface area (Å²) in [5.74, 6) is 0.208. The predicted octanol–water partition coefficient (Wildman–Crippen LogP) is 7.38. The molecule has 0 radical (unpaired) electrons. The minimum absolute atomic E-state index is 0.0248. The van der Waals surface area contributed by atoms with E-state index >= 15 is 0 Å². The first kappa shape index (κ1) is 30.0. The van der Waals surface area contributed by atoms with Crippen molar-refractivity contribution in [1.82, 2.24) is 10.2 Å². The van der Waals surface area contributed by atoms with Gasteiger partial charge in [0, 0.05) is 25.2 Å². The van der Waals surface area contributed by atoms with E-state index in [-0.39, 0.29) is 23.0 Å². The summed E-state index contributed by atoms with van der Waals surface area (Å²) in [5, 5.41) is 2.70. The van der Waals surface area contributed by atoms with E-state index in [4.69, 9.17) is 0 Å². The number of benzene rings is 3. The van der Waals surface area contributed by atoms with Crippen LogP contribution in [0.1, 0.15) is 68.8 Å². The van der Waals surface area contributed by atoms with Crippen LogP contribution in [0.3, 0.4) is 0 Å². The number of carbonyl (C=O) groups excluding carboxylic acids is 2. The summed E-state index contributed by atoms with van der Waals surface area (Å²) >= 11 is 0. The first-order valence-corrected chi connectivity index (χ1v) is 13.9. The predicted molar refractivity (Wildman–Crippen MR) is 153 cm³/mol. The Morgan fingerprint density at radius 2 is 1.41 bits per heavy atom. The molecule has 1 aliphatic rings. The first-order valence-electron chi connectivity index (χ1n) is 13.9. The highest BCUT2D eigenvalue weighted by Crippen LogP contribution is 2.35. The van der Waals surface area contributed by atoms with Crippen LogP contribution < -0.4 is 5.32 Å². The lowest BCUT2D eigenvalue weighted by Crippen LogP contribution is -2.43. The Labute approximate surface area is 231 Å². The summed E-state index contributed by atoms with van der Waals surface area (Å²) in [6.45, 7) is 8.70. The van der Waals surface area contributed by atoms with Crippen molar-refractivity contribution in [2.45, 2.75) is 58.3 Å². The number of rotatable bonds is 9. The van der Waals surface area contributed by atoms with Gasteiger partial charge in [-0.15, -0.1) is 0 Å². The zero-order valence-electron chi connectivity index (χ0n) is 23.3. The molecule has 3 aromatic carbocycles. The molecular weight excluding hydrogens is 494 g/mol. The summed E-state index contributed by atoms with van der Waals surface area (Å²) in [5.41, 5.74) is 3.59. The van der Waals surface area contributed by atoms with Crippen LogP contribution in [0.2, 0.25) is 0 Å².